The molecule has 2 aromatic heterocycles. The first-order valence-corrected chi connectivity index (χ1v) is 16.6. The number of carbonyl (C=O) groups excluding carboxylic acids is 3. The molecule has 2 aromatic rings. The quantitative estimate of drug-likeness (QED) is 0.207. The van der Waals surface area contributed by atoms with E-state index < -0.39 is 46.8 Å². The Morgan fingerprint density at radius 3 is 2.23 bits per heavy atom. The number of carbonyl (C=O) groups is 3. The molecular weight excluding hydrogens is 620 g/mol. The van der Waals surface area contributed by atoms with E-state index in [9.17, 15) is 14.4 Å². The summed E-state index contributed by atoms with van der Waals surface area (Å²) in [6, 6.07) is 0.917. The van der Waals surface area contributed by atoms with Crippen LogP contribution in [-0.2, 0) is 28.5 Å². The summed E-state index contributed by atoms with van der Waals surface area (Å²) in [5, 5.41) is 6.86. The van der Waals surface area contributed by atoms with Crippen molar-refractivity contribution in [2.24, 2.45) is 5.92 Å². The van der Waals surface area contributed by atoms with E-state index in [0.29, 0.717) is 36.4 Å². The van der Waals surface area contributed by atoms with Crippen molar-refractivity contribution >= 4 is 35.0 Å². The molecule has 3 heterocycles. The topological polar surface area (TPSA) is 155 Å². The number of nitrogens with one attached hydrogen (secondary N) is 2. The average molecular weight is 675 g/mol. The van der Waals surface area contributed by atoms with Gasteiger partial charge in [-0.3, -0.25) is 4.90 Å². The molecule has 2 fully saturated rings. The largest absolute Gasteiger partial charge is 0.458 e. The Kier molecular flexibility index (Phi) is 10.7. The van der Waals surface area contributed by atoms with E-state index in [4.69, 9.17) is 23.7 Å². The lowest BCUT2D eigenvalue weighted by Gasteiger charge is -2.27. The maximum Gasteiger partial charge on any atom is 0.415 e. The van der Waals surface area contributed by atoms with Crippen LogP contribution in [0.25, 0.3) is 11.0 Å². The lowest BCUT2D eigenvalue weighted by Crippen LogP contribution is -2.47. The monoisotopic (exact) mass is 674 g/mol. The highest BCUT2D eigenvalue weighted by atomic mass is 16.8. The molecule has 1 saturated heterocycles. The number of amides is 2. The number of rotatable bonds is 9. The minimum atomic E-state index is -0.889. The van der Waals surface area contributed by atoms with Gasteiger partial charge in [-0.1, -0.05) is 0 Å². The maximum atomic E-state index is 13.0. The normalized spacial score (nSPS) is 23.0. The summed E-state index contributed by atoms with van der Waals surface area (Å²) in [6.07, 6.45) is 2.81. The van der Waals surface area contributed by atoms with Crippen molar-refractivity contribution in [3.8, 4) is 0 Å². The Balaban J connectivity index is 1.47. The van der Waals surface area contributed by atoms with Crippen molar-refractivity contribution in [2.75, 3.05) is 25.0 Å². The smallest absolute Gasteiger partial charge is 0.415 e. The van der Waals surface area contributed by atoms with Gasteiger partial charge in [-0.05, 0) is 102 Å². The summed E-state index contributed by atoms with van der Waals surface area (Å²) in [5.41, 5.74) is -1.39. The van der Waals surface area contributed by atoms with Gasteiger partial charge in [-0.15, -0.1) is 0 Å². The predicted octanol–water partition coefficient (Wildman–Crippen LogP) is 5.10. The van der Waals surface area contributed by atoms with E-state index in [1.54, 1.807) is 48.6 Å². The summed E-state index contributed by atoms with van der Waals surface area (Å²) in [5.74, 6) is -0.776. The third kappa shape index (κ3) is 9.56. The first-order valence-electron chi connectivity index (χ1n) is 16.6. The van der Waals surface area contributed by atoms with Gasteiger partial charge in [0.15, 0.2) is 11.6 Å². The van der Waals surface area contributed by atoms with Gasteiger partial charge in [0.25, 0.3) is 0 Å². The van der Waals surface area contributed by atoms with Crippen LogP contribution in [0.5, 0.6) is 0 Å². The molecular formula is C34H54N6O8. The van der Waals surface area contributed by atoms with Crippen molar-refractivity contribution in [1.29, 1.82) is 0 Å². The SMILES string of the molecule is CN(C(=O)OC(C)(C)C)c1ncnc2c1ccn2[C@@H]1C[C@H](CNCC[C@H](NC(=O)OC(C)(C)C)C(=O)OC(C)(C)C)[C@H]2OC(C)(C)O[C@H]21. The fraction of sp³-hybridized carbons (Fsp3) is 0.735. The van der Waals surface area contributed by atoms with Crippen molar-refractivity contribution in [2.45, 2.75) is 136 Å². The molecule has 0 aromatic carbocycles. The zero-order valence-corrected chi connectivity index (χ0v) is 30.5. The number of hydrogen-bond donors (Lipinski definition) is 2. The Morgan fingerprint density at radius 1 is 0.979 bits per heavy atom. The van der Waals surface area contributed by atoms with Gasteiger partial charge in [0.2, 0.25) is 0 Å². The van der Waals surface area contributed by atoms with Crippen molar-refractivity contribution < 1.29 is 38.1 Å². The van der Waals surface area contributed by atoms with E-state index in [-0.39, 0.29) is 24.2 Å². The van der Waals surface area contributed by atoms with E-state index in [1.807, 2.05) is 46.9 Å². The molecule has 2 amide bonds. The number of hydrogen-bond acceptors (Lipinski definition) is 11. The Morgan fingerprint density at radius 2 is 1.60 bits per heavy atom. The number of fused-ring (bicyclic) bond motifs is 2. The number of esters is 1. The van der Waals surface area contributed by atoms with Crippen LogP contribution in [0.1, 0.15) is 95.0 Å². The number of ether oxygens (including phenoxy) is 5. The van der Waals surface area contributed by atoms with Crippen LogP contribution in [0.2, 0.25) is 0 Å². The van der Waals surface area contributed by atoms with Crippen LogP contribution in [0.3, 0.4) is 0 Å². The Labute approximate surface area is 283 Å². The molecule has 14 heteroatoms. The zero-order chi connectivity index (χ0) is 35.8. The fourth-order valence-electron chi connectivity index (χ4n) is 6.04. The van der Waals surface area contributed by atoms with E-state index in [1.165, 1.54) is 11.2 Å². The summed E-state index contributed by atoms with van der Waals surface area (Å²) in [6.45, 7) is 20.9. The van der Waals surface area contributed by atoms with E-state index in [0.717, 1.165) is 6.42 Å². The van der Waals surface area contributed by atoms with Gasteiger partial charge in [0, 0.05) is 25.7 Å². The molecule has 0 radical (unpaired) electrons. The second kappa shape index (κ2) is 13.8. The van der Waals surface area contributed by atoms with Crippen molar-refractivity contribution in [3.63, 3.8) is 0 Å². The molecule has 268 valence electrons. The van der Waals surface area contributed by atoms with Crippen LogP contribution < -0.4 is 15.5 Å². The molecule has 0 bridgehead atoms. The highest BCUT2D eigenvalue weighted by Gasteiger charge is 2.54. The maximum absolute atomic E-state index is 13.0. The molecule has 48 heavy (non-hydrogen) atoms. The van der Waals surface area contributed by atoms with Crippen LogP contribution in [-0.4, -0.2) is 93.7 Å². The van der Waals surface area contributed by atoms with E-state index >= 15 is 0 Å². The second-order valence-electron chi connectivity index (χ2n) is 16.0. The lowest BCUT2D eigenvalue weighted by atomic mass is 10.1. The van der Waals surface area contributed by atoms with Gasteiger partial charge < -0.3 is 38.9 Å². The Bertz CT molecular complexity index is 1470. The Hall–Kier alpha value is -3.49. The molecule has 0 unspecified atom stereocenters. The summed E-state index contributed by atoms with van der Waals surface area (Å²) in [4.78, 5) is 48.7. The number of nitrogens with zero attached hydrogens (tertiary/aromatic N) is 4. The van der Waals surface area contributed by atoms with Crippen molar-refractivity contribution in [1.82, 2.24) is 25.2 Å². The van der Waals surface area contributed by atoms with Crippen LogP contribution in [0, 0.1) is 5.92 Å². The lowest BCUT2D eigenvalue weighted by molar-refractivity contribution is -0.160. The minimum Gasteiger partial charge on any atom is -0.458 e. The molecule has 0 spiro atoms. The number of aromatic nitrogens is 3. The molecule has 5 atom stereocenters. The summed E-state index contributed by atoms with van der Waals surface area (Å²) < 4.78 is 31.5. The number of alkyl carbamates (subject to hydrolysis) is 1. The molecule has 14 nitrogen and oxygen atoms in total. The van der Waals surface area contributed by atoms with Crippen molar-refractivity contribution in [3.05, 3.63) is 18.6 Å². The third-order valence-corrected chi connectivity index (χ3v) is 7.78. The molecule has 1 saturated carbocycles. The van der Waals surface area contributed by atoms with Crippen LogP contribution in [0.4, 0.5) is 15.4 Å². The zero-order valence-electron chi connectivity index (χ0n) is 30.5. The summed E-state index contributed by atoms with van der Waals surface area (Å²) >= 11 is 0. The molecule has 1 aliphatic carbocycles. The van der Waals surface area contributed by atoms with Gasteiger partial charge in [0.05, 0.1) is 17.5 Å². The van der Waals surface area contributed by atoms with Crippen LogP contribution in [0.15, 0.2) is 18.6 Å². The van der Waals surface area contributed by atoms with E-state index in [2.05, 4.69) is 25.2 Å². The third-order valence-electron chi connectivity index (χ3n) is 7.78. The highest BCUT2D eigenvalue weighted by Crippen LogP contribution is 2.47. The highest BCUT2D eigenvalue weighted by molar-refractivity contribution is 5.97. The summed E-state index contributed by atoms with van der Waals surface area (Å²) in [7, 11) is 1.63. The van der Waals surface area contributed by atoms with Crippen LogP contribution >= 0.6 is 0 Å². The van der Waals surface area contributed by atoms with Gasteiger partial charge >= 0.3 is 18.2 Å². The fourth-order valence-corrected chi connectivity index (χ4v) is 6.04. The molecule has 2 N–H and O–H groups in total. The average Bonchev–Trinajstić information content (AvgIpc) is 3.57. The minimum absolute atomic E-state index is 0.0729. The second-order valence-corrected chi connectivity index (χ2v) is 16.0. The number of anilines is 1. The van der Waals surface area contributed by atoms with Gasteiger partial charge in [0.1, 0.15) is 40.9 Å². The first-order chi connectivity index (χ1) is 22.0. The molecule has 4 rings (SSSR count). The first kappa shape index (κ1) is 37.3. The molecule has 2 aliphatic rings. The van der Waals surface area contributed by atoms with Gasteiger partial charge in [-0.25, -0.2) is 24.4 Å². The standard InChI is InChI=1S/C34H54N6O8/c1-31(2,3)46-28(41)22(38-29(42)47-32(4,5)6)13-15-35-18-20-17-23(25-24(20)44-34(10,11)45-25)40-16-14-21-26(36-19-37-27(21)40)39(12)30(43)48-33(7,8)9/h14,16,19-20,22-25,35H,13,15,17-18H2,1-12H3,(H,38,42)/t20-,22+,23-,24-,25+/m1/s1. The predicted molar refractivity (Wildman–Crippen MR) is 180 cm³/mol. The molecule has 1 aliphatic heterocycles. The van der Waals surface area contributed by atoms with Gasteiger partial charge in [-0.2, -0.15) is 0 Å².